The molecule has 0 aliphatic carbocycles. The smallest absolute Gasteiger partial charge is 0.228 e. The molecule has 2 aromatic heterocycles. The number of carbonyl (C=O) groups is 1. The summed E-state index contributed by atoms with van der Waals surface area (Å²) in [6.45, 7) is 5.97. The van der Waals surface area contributed by atoms with Gasteiger partial charge in [-0.1, -0.05) is 24.3 Å². The van der Waals surface area contributed by atoms with Crippen LogP contribution in [0.3, 0.4) is 0 Å². The highest BCUT2D eigenvalue weighted by molar-refractivity contribution is 5.96. The normalized spacial score (nSPS) is 11.1. The zero-order chi connectivity index (χ0) is 19.0. The summed E-state index contributed by atoms with van der Waals surface area (Å²) in [5, 5.41) is 8.52. The quantitative estimate of drug-likeness (QED) is 0.573. The molecule has 0 saturated heterocycles. The number of benzene rings is 2. The Morgan fingerprint density at radius 1 is 1.11 bits per heavy atom. The number of rotatable bonds is 4. The second-order valence-corrected chi connectivity index (χ2v) is 6.84. The van der Waals surface area contributed by atoms with Gasteiger partial charge in [0, 0.05) is 16.6 Å². The molecule has 0 fully saturated rings. The minimum Gasteiger partial charge on any atom is -0.464 e. The van der Waals surface area contributed by atoms with E-state index in [1.807, 2.05) is 74.0 Å². The fourth-order valence-electron chi connectivity index (χ4n) is 3.33. The number of aromatic nitrogens is 2. The van der Waals surface area contributed by atoms with Crippen LogP contribution in [0.15, 0.2) is 59.2 Å². The molecule has 1 amide bonds. The van der Waals surface area contributed by atoms with E-state index in [9.17, 15) is 4.79 Å². The van der Waals surface area contributed by atoms with E-state index in [1.165, 1.54) is 0 Å². The first-order chi connectivity index (χ1) is 13.0. The third kappa shape index (κ3) is 3.36. The number of fused-ring (bicyclic) bond motifs is 1. The first kappa shape index (κ1) is 17.1. The molecule has 0 saturated carbocycles. The third-order valence-electron chi connectivity index (χ3n) is 4.58. The van der Waals surface area contributed by atoms with Crippen LogP contribution >= 0.6 is 0 Å². The van der Waals surface area contributed by atoms with E-state index >= 15 is 0 Å². The molecule has 2 aromatic carbocycles. The van der Waals surface area contributed by atoms with Crippen molar-refractivity contribution < 1.29 is 9.21 Å². The Bertz CT molecular complexity index is 1140. The van der Waals surface area contributed by atoms with Crippen LogP contribution in [0.2, 0.25) is 0 Å². The Morgan fingerprint density at radius 3 is 2.70 bits per heavy atom. The minimum atomic E-state index is -0.0905. The number of aryl methyl sites for hydroxylation is 3. The van der Waals surface area contributed by atoms with Crippen LogP contribution in [0.4, 0.5) is 5.69 Å². The lowest BCUT2D eigenvalue weighted by Gasteiger charge is -2.12. The number of anilines is 1. The summed E-state index contributed by atoms with van der Waals surface area (Å²) in [7, 11) is 0. The van der Waals surface area contributed by atoms with Gasteiger partial charge in [-0.15, -0.1) is 0 Å². The molecule has 2 heterocycles. The molecular weight excluding hydrogens is 338 g/mol. The van der Waals surface area contributed by atoms with Crippen LogP contribution in [0.25, 0.3) is 16.7 Å². The van der Waals surface area contributed by atoms with Gasteiger partial charge in [-0.05, 0) is 50.6 Å². The summed E-state index contributed by atoms with van der Waals surface area (Å²) < 4.78 is 7.45. The molecule has 0 bridgehead atoms. The molecule has 1 N–H and O–H groups in total. The fourth-order valence-corrected chi connectivity index (χ4v) is 3.33. The Morgan fingerprint density at radius 2 is 1.93 bits per heavy atom. The first-order valence-electron chi connectivity index (χ1n) is 8.90. The monoisotopic (exact) mass is 359 g/mol. The van der Waals surface area contributed by atoms with Crippen LogP contribution in [0.1, 0.15) is 22.5 Å². The van der Waals surface area contributed by atoms with Crippen LogP contribution in [-0.4, -0.2) is 15.7 Å². The molecule has 0 aliphatic rings. The molecule has 0 atom stereocenters. The Balaban J connectivity index is 1.59. The van der Waals surface area contributed by atoms with Gasteiger partial charge in [-0.25, -0.2) is 4.68 Å². The van der Waals surface area contributed by atoms with E-state index in [2.05, 4.69) is 10.4 Å². The zero-order valence-corrected chi connectivity index (χ0v) is 15.6. The van der Waals surface area contributed by atoms with Gasteiger partial charge in [-0.3, -0.25) is 4.79 Å². The molecule has 4 rings (SSSR count). The van der Waals surface area contributed by atoms with Crippen LogP contribution in [0, 0.1) is 20.8 Å². The maximum Gasteiger partial charge on any atom is 0.228 e. The number of furan rings is 1. The molecule has 0 aliphatic heterocycles. The van der Waals surface area contributed by atoms with Crippen LogP contribution < -0.4 is 5.32 Å². The molecular formula is C22H21N3O2. The van der Waals surface area contributed by atoms with E-state index in [1.54, 1.807) is 6.26 Å². The molecule has 0 radical (unpaired) electrons. The molecule has 5 nitrogen and oxygen atoms in total. The number of hydrogen-bond acceptors (Lipinski definition) is 3. The first-order valence-corrected chi connectivity index (χ1v) is 8.90. The van der Waals surface area contributed by atoms with Crippen molar-refractivity contribution in [1.82, 2.24) is 9.78 Å². The molecule has 0 unspecified atom stereocenters. The number of para-hydroxylation sites is 2. The summed E-state index contributed by atoms with van der Waals surface area (Å²) in [6, 6.07) is 15.7. The van der Waals surface area contributed by atoms with Crippen molar-refractivity contribution in [1.29, 1.82) is 0 Å². The van der Waals surface area contributed by atoms with E-state index in [0.717, 1.165) is 44.9 Å². The van der Waals surface area contributed by atoms with Crippen molar-refractivity contribution in [3.8, 4) is 5.69 Å². The predicted molar refractivity (Wildman–Crippen MR) is 106 cm³/mol. The number of carbonyl (C=O) groups excluding carboxylic acids is 1. The lowest BCUT2D eigenvalue weighted by Crippen LogP contribution is -2.16. The SMILES string of the molecule is Cc1ccc2c(CC(=O)Nc3ccccc3-n3nc(C)cc3C)coc2c1. The van der Waals surface area contributed by atoms with Gasteiger partial charge < -0.3 is 9.73 Å². The molecule has 5 heteroatoms. The molecule has 0 spiro atoms. The molecule has 4 aromatic rings. The van der Waals surface area contributed by atoms with Gasteiger partial charge in [-0.2, -0.15) is 5.10 Å². The summed E-state index contributed by atoms with van der Waals surface area (Å²) in [4.78, 5) is 12.7. The summed E-state index contributed by atoms with van der Waals surface area (Å²) in [5.41, 5.74) is 6.36. The van der Waals surface area contributed by atoms with Gasteiger partial charge >= 0.3 is 0 Å². The summed E-state index contributed by atoms with van der Waals surface area (Å²) in [5.74, 6) is -0.0905. The van der Waals surface area contributed by atoms with E-state index in [0.29, 0.717) is 0 Å². The van der Waals surface area contributed by atoms with Gasteiger partial charge in [0.25, 0.3) is 0 Å². The topological polar surface area (TPSA) is 60.1 Å². The van der Waals surface area contributed by atoms with Gasteiger partial charge in [0.2, 0.25) is 5.91 Å². The largest absolute Gasteiger partial charge is 0.464 e. The van der Waals surface area contributed by atoms with Crippen molar-refractivity contribution in [3.05, 3.63) is 77.3 Å². The van der Waals surface area contributed by atoms with E-state index in [4.69, 9.17) is 4.42 Å². The average molecular weight is 359 g/mol. The highest BCUT2D eigenvalue weighted by atomic mass is 16.3. The van der Waals surface area contributed by atoms with Gasteiger partial charge in [0.05, 0.1) is 29.8 Å². The standard InChI is InChI=1S/C22H21N3O2/c1-14-8-9-18-17(13-27-21(18)10-14)12-22(26)23-19-6-4-5-7-20(19)25-16(3)11-15(2)24-25/h4-11,13H,12H2,1-3H3,(H,23,26). The minimum absolute atomic E-state index is 0.0905. The molecule has 136 valence electrons. The summed E-state index contributed by atoms with van der Waals surface area (Å²) >= 11 is 0. The van der Waals surface area contributed by atoms with Gasteiger partial charge in [0.15, 0.2) is 0 Å². The average Bonchev–Trinajstić information content (AvgIpc) is 3.17. The van der Waals surface area contributed by atoms with Crippen LogP contribution in [0.5, 0.6) is 0 Å². The Kier molecular flexibility index (Phi) is 4.28. The lowest BCUT2D eigenvalue weighted by atomic mass is 10.1. The zero-order valence-electron chi connectivity index (χ0n) is 15.6. The maximum atomic E-state index is 12.7. The fraction of sp³-hybridized carbons (Fsp3) is 0.182. The van der Waals surface area contributed by atoms with Crippen molar-refractivity contribution >= 4 is 22.6 Å². The number of nitrogens with one attached hydrogen (secondary N) is 1. The van der Waals surface area contributed by atoms with Gasteiger partial charge in [0.1, 0.15) is 5.58 Å². The third-order valence-corrected chi connectivity index (χ3v) is 4.58. The van der Waals surface area contributed by atoms with E-state index in [-0.39, 0.29) is 12.3 Å². The van der Waals surface area contributed by atoms with Crippen LogP contribution in [-0.2, 0) is 11.2 Å². The Hall–Kier alpha value is -3.34. The summed E-state index contributed by atoms with van der Waals surface area (Å²) in [6.07, 6.45) is 1.91. The highest BCUT2D eigenvalue weighted by Gasteiger charge is 2.14. The highest BCUT2D eigenvalue weighted by Crippen LogP contribution is 2.25. The van der Waals surface area contributed by atoms with Crippen molar-refractivity contribution in [2.75, 3.05) is 5.32 Å². The van der Waals surface area contributed by atoms with E-state index < -0.39 is 0 Å². The number of hydrogen-bond donors (Lipinski definition) is 1. The predicted octanol–water partition coefficient (Wildman–Crippen LogP) is 4.72. The lowest BCUT2D eigenvalue weighted by molar-refractivity contribution is -0.115. The van der Waals surface area contributed by atoms with Crippen molar-refractivity contribution in [3.63, 3.8) is 0 Å². The van der Waals surface area contributed by atoms with Crippen molar-refractivity contribution in [2.45, 2.75) is 27.2 Å². The maximum absolute atomic E-state index is 12.7. The van der Waals surface area contributed by atoms with Crippen molar-refractivity contribution in [2.24, 2.45) is 0 Å². The number of amides is 1. The second-order valence-electron chi connectivity index (χ2n) is 6.84. The second kappa shape index (κ2) is 6.76. The Labute approximate surface area is 157 Å². The number of nitrogens with zero attached hydrogens (tertiary/aromatic N) is 2. The molecule has 27 heavy (non-hydrogen) atoms.